The topological polar surface area (TPSA) is 55.1 Å². The third-order valence-corrected chi connectivity index (χ3v) is 3.30. The number of fused-ring (bicyclic) bond motifs is 1. The number of nitrogens with one attached hydrogen (secondary N) is 1. The molecule has 102 valence electrons. The molecular weight excluding hydrogens is 250 g/mol. The summed E-state index contributed by atoms with van der Waals surface area (Å²) in [6, 6.07) is 5.99. The summed E-state index contributed by atoms with van der Waals surface area (Å²) < 4.78 is 2.08. The number of rotatable bonds is 4. The summed E-state index contributed by atoms with van der Waals surface area (Å²) in [5.74, 6) is 1.69. The van der Waals surface area contributed by atoms with E-state index in [1.54, 1.807) is 0 Å². The molecule has 0 aromatic carbocycles. The summed E-state index contributed by atoms with van der Waals surface area (Å²) in [6.07, 6.45) is 6.71. The van der Waals surface area contributed by atoms with Gasteiger partial charge >= 0.3 is 0 Å². The minimum absolute atomic E-state index is 0.689. The van der Waals surface area contributed by atoms with Crippen LogP contribution in [0.4, 0.5) is 5.82 Å². The van der Waals surface area contributed by atoms with Crippen LogP contribution >= 0.6 is 0 Å². The zero-order valence-electron chi connectivity index (χ0n) is 11.7. The van der Waals surface area contributed by atoms with Crippen LogP contribution in [0.2, 0.25) is 0 Å². The molecule has 0 saturated carbocycles. The predicted octanol–water partition coefficient (Wildman–Crippen LogP) is 2.61. The van der Waals surface area contributed by atoms with Crippen LogP contribution in [0, 0.1) is 6.92 Å². The fraction of sp³-hybridized carbons (Fsp3) is 0.267. The SMILES string of the molecule is CCc1cnc(C)nc1NCc1cnc2ccccn12. The first-order valence-electron chi connectivity index (χ1n) is 6.75. The zero-order chi connectivity index (χ0) is 13.9. The molecule has 0 aliphatic rings. The van der Waals surface area contributed by atoms with E-state index in [2.05, 4.69) is 31.6 Å². The van der Waals surface area contributed by atoms with Crippen molar-refractivity contribution in [2.24, 2.45) is 0 Å². The third kappa shape index (κ3) is 2.34. The Labute approximate surface area is 117 Å². The molecule has 3 aromatic rings. The molecule has 20 heavy (non-hydrogen) atoms. The Kier molecular flexibility index (Phi) is 3.33. The third-order valence-electron chi connectivity index (χ3n) is 3.30. The van der Waals surface area contributed by atoms with Crippen LogP contribution in [-0.2, 0) is 13.0 Å². The van der Waals surface area contributed by atoms with Gasteiger partial charge in [-0.1, -0.05) is 13.0 Å². The number of aryl methyl sites for hydroxylation is 2. The Bertz CT molecular complexity index is 732. The quantitative estimate of drug-likeness (QED) is 0.789. The highest BCUT2D eigenvalue weighted by atomic mass is 15.1. The second-order valence-electron chi connectivity index (χ2n) is 4.68. The van der Waals surface area contributed by atoms with Crippen molar-refractivity contribution >= 4 is 11.5 Å². The van der Waals surface area contributed by atoms with E-state index >= 15 is 0 Å². The largest absolute Gasteiger partial charge is 0.364 e. The number of hydrogen-bond donors (Lipinski definition) is 1. The lowest BCUT2D eigenvalue weighted by Gasteiger charge is -2.10. The van der Waals surface area contributed by atoms with Gasteiger partial charge in [0, 0.05) is 18.0 Å². The van der Waals surface area contributed by atoms with Crippen molar-refractivity contribution in [2.45, 2.75) is 26.8 Å². The summed E-state index contributed by atoms with van der Waals surface area (Å²) in [7, 11) is 0. The van der Waals surface area contributed by atoms with Gasteiger partial charge < -0.3 is 9.72 Å². The molecular formula is C15H17N5. The Morgan fingerprint density at radius 1 is 1.20 bits per heavy atom. The summed E-state index contributed by atoms with van der Waals surface area (Å²) in [6.45, 7) is 4.70. The van der Waals surface area contributed by atoms with Gasteiger partial charge in [0.25, 0.3) is 0 Å². The van der Waals surface area contributed by atoms with E-state index < -0.39 is 0 Å². The van der Waals surface area contributed by atoms with E-state index in [9.17, 15) is 0 Å². The molecule has 0 radical (unpaired) electrons. The van der Waals surface area contributed by atoms with Gasteiger partial charge in [-0.2, -0.15) is 0 Å². The number of aromatic nitrogens is 4. The average molecular weight is 267 g/mol. The fourth-order valence-electron chi connectivity index (χ4n) is 2.20. The molecule has 0 fully saturated rings. The van der Waals surface area contributed by atoms with Gasteiger partial charge in [0.1, 0.15) is 17.3 Å². The molecule has 0 atom stereocenters. The number of pyridine rings is 1. The lowest BCUT2D eigenvalue weighted by molar-refractivity contribution is 0.945. The van der Waals surface area contributed by atoms with Crippen molar-refractivity contribution in [2.75, 3.05) is 5.32 Å². The van der Waals surface area contributed by atoms with Gasteiger partial charge in [-0.15, -0.1) is 0 Å². The van der Waals surface area contributed by atoms with Crippen LogP contribution in [0.15, 0.2) is 36.8 Å². The molecule has 3 heterocycles. The van der Waals surface area contributed by atoms with E-state index in [4.69, 9.17) is 0 Å². The van der Waals surface area contributed by atoms with E-state index in [0.717, 1.165) is 35.0 Å². The van der Waals surface area contributed by atoms with Crippen molar-refractivity contribution < 1.29 is 0 Å². The summed E-state index contributed by atoms with van der Waals surface area (Å²) >= 11 is 0. The van der Waals surface area contributed by atoms with Gasteiger partial charge in [0.2, 0.25) is 0 Å². The van der Waals surface area contributed by atoms with Gasteiger partial charge in [-0.3, -0.25) is 0 Å². The number of imidazole rings is 1. The first-order chi connectivity index (χ1) is 9.78. The van der Waals surface area contributed by atoms with Gasteiger partial charge in [0.05, 0.1) is 18.4 Å². The Balaban J connectivity index is 1.84. The Morgan fingerprint density at radius 2 is 2.10 bits per heavy atom. The maximum absolute atomic E-state index is 4.47. The van der Waals surface area contributed by atoms with Gasteiger partial charge in [-0.05, 0) is 25.5 Å². The summed E-state index contributed by atoms with van der Waals surface area (Å²) in [4.78, 5) is 13.1. The first-order valence-corrected chi connectivity index (χ1v) is 6.75. The maximum Gasteiger partial charge on any atom is 0.136 e. The molecule has 0 bridgehead atoms. The van der Waals surface area contributed by atoms with E-state index in [-0.39, 0.29) is 0 Å². The van der Waals surface area contributed by atoms with Crippen LogP contribution in [0.5, 0.6) is 0 Å². The highest BCUT2D eigenvalue weighted by Crippen LogP contribution is 2.14. The number of hydrogen-bond acceptors (Lipinski definition) is 4. The molecule has 5 nitrogen and oxygen atoms in total. The zero-order valence-corrected chi connectivity index (χ0v) is 11.7. The van der Waals surface area contributed by atoms with E-state index in [0.29, 0.717) is 6.54 Å². The second kappa shape index (κ2) is 5.28. The minimum atomic E-state index is 0.689. The van der Waals surface area contributed by atoms with Crippen LogP contribution in [0.25, 0.3) is 5.65 Å². The standard InChI is InChI=1S/C15H17N5/c1-3-12-8-16-11(2)19-15(12)18-10-13-9-17-14-6-4-5-7-20(13)14/h4-9H,3,10H2,1-2H3,(H,16,18,19). The molecule has 0 unspecified atom stereocenters. The van der Waals surface area contributed by atoms with E-state index in [1.165, 1.54) is 0 Å². The molecule has 1 N–H and O–H groups in total. The van der Waals surface area contributed by atoms with Crippen LogP contribution < -0.4 is 5.32 Å². The molecule has 0 aliphatic carbocycles. The average Bonchev–Trinajstić information content (AvgIpc) is 2.88. The molecule has 0 amide bonds. The Hall–Kier alpha value is -2.43. The summed E-state index contributed by atoms with van der Waals surface area (Å²) in [5.41, 5.74) is 3.20. The molecule has 0 saturated heterocycles. The lowest BCUT2D eigenvalue weighted by atomic mass is 10.2. The second-order valence-corrected chi connectivity index (χ2v) is 4.68. The number of anilines is 1. The summed E-state index contributed by atoms with van der Waals surface area (Å²) in [5, 5.41) is 3.39. The van der Waals surface area contributed by atoms with Crippen molar-refractivity contribution in [1.29, 1.82) is 0 Å². The van der Waals surface area contributed by atoms with Gasteiger partial charge in [0.15, 0.2) is 0 Å². The minimum Gasteiger partial charge on any atom is -0.364 e. The first kappa shape index (κ1) is 12.6. The molecule has 3 aromatic heterocycles. The van der Waals surface area contributed by atoms with Crippen LogP contribution in [0.1, 0.15) is 24.0 Å². The van der Waals surface area contributed by atoms with Crippen molar-refractivity contribution in [3.8, 4) is 0 Å². The number of nitrogens with zero attached hydrogens (tertiary/aromatic N) is 4. The van der Waals surface area contributed by atoms with Gasteiger partial charge in [-0.25, -0.2) is 15.0 Å². The molecule has 0 aliphatic heterocycles. The molecule has 0 spiro atoms. The lowest BCUT2D eigenvalue weighted by Crippen LogP contribution is -2.07. The van der Waals surface area contributed by atoms with Crippen molar-refractivity contribution in [1.82, 2.24) is 19.4 Å². The van der Waals surface area contributed by atoms with Crippen molar-refractivity contribution in [3.05, 3.63) is 53.9 Å². The predicted molar refractivity (Wildman–Crippen MR) is 78.7 cm³/mol. The maximum atomic E-state index is 4.47. The smallest absolute Gasteiger partial charge is 0.136 e. The highest BCUT2D eigenvalue weighted by molar-refractivity contribution is 5.45. The van der Waals surface area contributed by atoms with Crippen LogP contribution in [-0.4, -0.2) is 19.4 Å². The highest BCUT2D eigenvalue weighted by Gasteiger charge is 2.06. The normalized spacial score (nSPS) is 10.9. The monoisotopic (exact) mass is 267 g/mol. The molecule has 3 rings (SSSR count). The molecule has 5 heteroatoms. The Morgan fingerprint density at radius 3 is 2.95 bits per heavy atom. The fourth-order valence-corrected chi connectivity index (χ4v) is 2.20. The van der Waals surface area contributed by atoms with Crippen LogP contribution in [0.3, 0.4) is 0 Å². The van der Waals surface area contributed by atoms with E-state index in [1.807, 2.05) is 43.7 Å². The van der Waals surface area contributed by atoms with Crippen molar-refractivity contribution in [3.63, 3.8) is 0 Å².